The molecule has 0 fully saturated rings. The van der Waals surface area contributed by atoms with Gasteiger partial charge < -0.3 is 5.32 Å². The van der Waals surface area contributed by atoms with Crippen LogP contribution in [0.3, 0.4) is 0 Å². The number of nitrogens with one attached hydrogen (secondary N) is 1. The largest absolute Gasteiger partial charge is 0.301 e. The van der Waals surface area contributed by atoms with E-state index in [4.69, 9.17) is 0 Å². The van der Waals surface area contributed by atoms with Crippen LogP contribution in [0.2, 0.25) is 0 Å². The van der Waals surface area contributed by atoms with Crippen LogP contribution in [0.25, 0.3) is 11.3 Å². The monoisotopic (exact) mass is 340 g/mol. The lowest BCUT2D eigenvalue weighted by atomic mass is 10.2. The van der Waals surface area contributed by atoms with Gasteiger partial charge in [-0.2, -0.15) is 0 Å². The lowest BCUT2D eigenvalue weighted by molar-refractivity contribution is -0.113. The zero-order valence-corrected chi connectivity index (χ0v) is 14.3. The molecule has 1 N–H and O–H groups in total. The summed E-state index contributed by atoms with van der Waals surface area (Å²) in [4.78, 5) is 17.6. The molecule has 1 heterocycles. The van der Waals surface area contributed by atoms with Gasteiger partial charge in [0.1, 0.15) is 0 Å². The van der Waals surface area contributed by atoms with Crippen LogP contribution in [0, 0.1) is 6.92 Å². The molecular formula is C18H16N2OS2. The van der Waals surface area contributed by atoms with Gasteiger partial charge in [-0.05, 0) is 19.1 Å². The zero-order valence-electron chi connectivity index (χ0n) is 12.7. The number of carbonyl (C=O) groups is 1. The molecule has 0 saturated carbocycles. The molecule has 3 rings (SSSR count). The molecule has 0 radical (unpaired) electrons. The Morgan fingerprint density at radius 3 is 2.61 bits per heavy atom. The maximum atomic E-state index is 12.0. The molecule has 1 amide bonds. The number of benzene rings is 2. The molecule has 0 aliphatic heterocycles. The van der Waals surface area contributed by atoms with Gasteiger partial charge in [0, 0.05) is 15.8 Å². The average molecular weight is 340 g/mol. The van der Waals surface area contributed by atoms with Gasteiger partial charge >= 0.3 is 0 Å². The second kappa shape index (κ2) is 7.44. The predicted molar refractivity (Wildman–Crippen MR) is 98.1 cm³/mol. The van der Waals surface area contributed by atoms with Crippen molar-refractivity contribution in [3.63, 3.8) is 0 Å². The molecule has 0 atom stereocenters. The van der Waals surface area contributed by atoms with E-state index in [2.05, 4.69) is 10.3 Å². The summed E-state index contributed by atoms with van der Waals surface area (Å²) in [5.41, 5.74) is 3.16. The number of anilines is 1. The molecule has 1 aromatic heterocycles. The van der Waals surface area contributed by atoms with Crippen molar-refractivity contribution in [1.29, 1.82) is 0 Å². The summed E-state index contributed by atoms with van der Waals surface area (Å²) >= 11 is 2.97. The first-order valence-electron chi connectivity index (χ1n) is 7.21. The third kappa shape index (κ3) is 4.43. The molecular weight excluding hydrogens is 324 g/mol. The van der Waals surface area contributed by atoms with Crippen LogP contribution in [0.15, 0.2) is 64.9 Å². The van der Waals surface area contributed by atoms with Crippen LogP contribution >= 0.6 is 23.1 Å². The molecule has 3 nitrogen and oxygen atoms in total. The van der Waals surface area contributed by atoms with E-state index < -0.39 is 0 Å². The summed E-state index contributed by atoms with van der Waals surface area (Å²) in [5.74, 6) is 0.341. The van der Waals surface area contributed by atoms with E-state index >= 15 is 0 Å². The second-order valence-electron chi connectivity index (χ2n) is 5.05. The van der Waals surface area contributed by atoms with Gasteiger partial charge in [0.25, 0.3) is 0 Å². The summed E-state index contributed by atoms with van der Waals surface area (Å²) in [6, 6.07) is 18.1. The number of rotatable bonds is 5. The van der Waals surface area contributed by atoms with Crippen molar-refractivity contribution in [2.75, 3.05) is 11.1 Å². The molecule has 5 heteroatoms. The van der Waals surface area contributed by atoms with Gasteiger partial charge in [-0.25, -0.2) is 4.98 Å². The number of thioether (sulfide) groups is 1. The molecule has 2 aromatic carbocycles. The first-order valence-corrected chi connectivity index (χ1v) is 9.07. The number of hydrogen-bond donors (Lipinski definition) is 1. The fourth-order valence-electron chi connectivity index (χ4n) is 2.01. The minimum absolute atomic E-state index is 0.0375. The van der Waals surface area contributed by atoms with E-state index in [-0.39, 0.29) is 5.91 Å². The van der Waals surface area contributed by atoms with Crippen LogP contribution in [0.5, 0.6) is 0 Å². The SMILES string of the molecule is Cc1ccc(SCC(=O)Nc2nc(-c3ccccc3)cs2)cc1. The topological polar surface area (TPSA) is 42.0 Å². The third-order valence-corrected chi connectivity index (χ3v) is 4.98. The zero-order chi connectivity index (χ0) is 16.1. The highest BCUT2D eigenvalue weighted by atomic mass is 32.2. The standard InChI is InChI=1S/C18H16N2OS2/c1-13-7-9-15(10-8-13)22-12-17(21)20-18-19-16(11-23-18)14-5-3-2-4-6-14/h2-11H,12H2,1H3,(H,19,20,21). The molecule has 0 aliphatic rings. The minimum atomic E-state index is -0.0375. The number of hydrogen-bond acceptors (Lipinski definition) is 4. The lowest BCUT2D eigenvalue weighted by Crippen LogP contribution is -2.13. The van der Waals surface area contributed by atoms with Crippen molar-refractivity contribution < 1.29 is 4.79 Å². The molecule has 0 aliphatic carbocycles. The van der Waals surface area contributed by atoms with Crippen molar-refractivity contribution in [3.8, 4) is 11.3 Å². The Labute approximate surface area is 143 Å². The Morgan fingerprint density at radius 2 is 1.87 bits per heavy atom. The van der Waals surface area contributed by atoms with Gasteiger partial charge in [0.2, 0.25) is 5.91 Å². The number of amides is 1. The number of aryl methyl sites for hydroxylation is 1. The highest BCUT2D eigenvalue weighted by Gasteiger charge is 2.08. The average Bonchev–Trinajstić information content (AvgIpc) is 3.04. The Kier molecular flexibility index (Phi) is 5.10. The molecule has 0 bridgehead atoms. The van der Waals surface area contributed by atoms with Crippen LogP contribution in [-0.2, 0) is 4.79 Å². The van der Waals surface area contributed by atoms with Gasteiger partial charge in [-0.1, -0.05) is 48.0 Å². The summed E-state index contributed by atoms with van der Waals surface area (Å²) in [6.07, 6.45) is 0. The van der Waals surface area contributed by atoms with Crippen molar-refractivity contribution in [2.24, 2.45) is 0 Å². The summed E-state index contributed by atoms with van der Waals surface area (Å²) in [5, 5.41) is 5.46. The fraction of sp³-hybridized carbons (Fsp3) is 0.111. The Morgan fingerprint density at radius 1 is 1.13 bits per heavy atom. The maximum absolute atomic E-state index is 12.0. The molecule has 116 valence electrons. The van der Waals surface area contributed by atoms with Gasteiger partial charge in [0.15, 0.2) is 5.13 Å². The molecule has 23 heavy (non-hydrogen) atoms. The lowest BCUT2D eigenvalue weighted by Gasteiger charge is -2.02. The molecule has 0 spiro atoms. The van der Waals surface area contributed by atoms with Gasteiger partial charge in [0.05, 0.1) is 11.4 Å². The number of thiazole rings is 1. The van der Waals surface area contributed by atoms with Gasteiger partial charge in [-0.15, -0.1) is 23.1 Å². The second-order valence-corrected chi connectivity index (χ2v) is 6.96. The van der Waals surface area contributed by atoms with E-state index in [1.165, 1.54) is 28.7 Å². The van der Waals surface area contributed by atoms with Crippen molar-refractivity contribution >= 4 is 34.1 Å². The van der Waals surface area contributed by atoms with Crippen LogP contribution in [0.4, 0.5) is 5.13 Å². The first kappa shape index (κ1) is 15.8. The van der Waals surface area contributed by atoms with E-state index in [1.807, 2.05) is 66.9 Å². The van der Waals surface area contributed by atoms with Gasteiger partial charge in [-0.3, -0.25) is 4.79 Å². The number of aromatic nitrogens is 1. The van der Waals surface area contributed by atoms with Crippen molar-refractivity contribution in [3.05, 3.63) is 65.5 Å². The van der Waals surface area contributed by atoms with Crippen LogP contribution < -0.4 is 5.32 Å². The number of carbonyl (C=O) groups excluding carboxylic acids is 1. The Bertz CT molecular complexity index is 782. The normalized spacial score (nSPS) is 10.5. The van der Waals surface area contributed by atoms with Crippen LogP contribution in [0.1, 0.15) is 5.56 Å². The number of nitrogens with zero attached hydrogens (tertiary/aromatic N) is 1. The fourth-order valence-corrected chi connectivity index (χ4v) is 3.45. The smallest absolute Gasteiger partial charge is 0.236 e. The third-order valence-electron chi connectivity index (χ3n) is 3.21. The summed E-state index contributed by atoms with van der Waals surface area (Å²) in [7, 11) is 0. The van der Waals surface area contributed by atoms with Crippen molar-refractivity contribution in [1.82, 2.24) is 4.98 Å². The van der Waals surface area contributed by atoms with E-state index in [9.17, 15) is 4.79 Å². The quantitative estimate of drug-likeness (QED) is 0.675. The van der Waals surface area contributed by atoms with Crippen molar-refractivity contribution in [2.45, 2.75) is 11.8 Å². The first-order chi connectivity index (χ1) is 11.2. The van der Waals surface area contributed by atoms with E-state index in [0.717, 1.165) is 16.2 Å². The highest BCUT2D eigenvalue weighted by Crippen LogP contribution is 2.25. The summed E-state index contributed by atoms with van der Waals surface area (Å²) < 4.78 is 0. The Balaban J connectivity index is 1.56. The molecule has 0 unspecified atom stereocenters. The minimum Gasteiger partial charge on any atom is -0.301 e. The summed E-state index contributed by atoms with van der Waals surface area (Å²) in [6.45, 7) is 2.05. The molecule has 3 aromatic rings. The predicted octanol–water partition coefficient (Wildman–Crippen LogP) is 4.85. The Hall–Kier alpha value is -2.11. The molecule has 0 saturated heterocycles. The van der Waals surface area contributed by atoms with E-state index in [1.54, 1.807) is 0 Å². The van der Waals surface area contributed by atoms with Crippen LogP contribution in [-0.4, -0.2) is 16.6 Å². The highest BCUT2D eigenvalue weighted by molar-refractivity contribution is 8.00. The maximum Gasteiger partial charge on any atom is 0.236 e. The van der Waals surface area contributed by atoms with E-state index in [0.29, 0.717) is 10.9 Å².